The van der Waals surface area contributed by atoms with Gasteiger partial charge in [-0.2, -0.15) is 0 Å². The van der Waals surface area contributed by atoms with Crippen LogP contribution in [0.5, 0.6) is 0 Å². The number of hydrogen-bond acceptors (Lipinski definition) is 6. The second-order valence-corrected chi connectivity index (χ2v) is 5.72. The topological polar surface area (TPSA) is 89.3 Å². The predicted octanol–water partition coefficient (Wildman–Crippen LogP) is 2.07. The number of hydrogen-bond donors (Lipinski definition) is 2. The fourth-order valence-electron chi connectivity index (χ4n) is 2.56. The molecule has 2 N–H and O–H groups in total. The monoisotopic (exact) mass is 314 g/mol. The van der Waals surface area contributed by atoms with E-state index in [1.165, 1.54) is 12.3 Å². The summed E-state index contributed by atoms with van der Waals surface area (Å²) in [5.74, 6) is 0.469. The molecule has 0 aromatic carbocycles. The molecule has 2 heterocycles. The van der Waals surface area contributed by atoms with E-state index in [1.54, 1.807) is 7.11 Å². The lowest BCUT2D eigenvalue weighted by molar-refractivity contribution is -0.385. The van der Waals surface area contributed by atoms with Gasteiger partial charge in [0.25, 0.3) is 5.69 Å². The van der Waals surface area contributed by atoms with Crippen LogP contribution in [-0.2, 0) is 4.74 Å². The quantitative estimate of drug-likeness (QED) is 0.617. The third-order valence-electron chi connectivity index (χ3n) is 3.78. The zero-order chi connectivity index (χ0) is 15.3. The Morgan fingerprint density at radius 3 is 2.86 bits per heavy atom. The molecule has 0 atom stereocenters. The van der Waals surface area contributed by atoms with E-state index in [0.717, 1.165) is 25.9 Å². The molecular weight excluding hydrogens is 296 g/mol. The summed E-state index contributed by atoms with van der Waals surface area (Å²) in [6, 6.07) is 1.31. The number of nitrogens with zero attached hydrogens (tertiary/aromatic N) is 2. The van der Waals surface area contributed by atoms with Gasteiger partial charge in [-0.3, -0.25) is 10.1 Å². The molecule has 0 spiro atoms. The molecule has 1 aliphatic heterocycles. The Morgan fingerprint density at radius 2 is 2.29 bits per heavy atom. The van der Waals surface area contributed by atoms with Crippen molar-refractivity contribution in [1.29, 1.82) is 0 Å². The van der Waals surface area contributed by atoms with Crippen LogP contribution in [0.4, 0.5) is 11.5 Å². The fourth-order valence-corrected chi connectivity index (χ4v) is 2.79. The summed E-state index contributed by atoms with van der Waals surface area (Å²) in [4.78, 5) is 14.2. The highest BCUT2D eigenvalue weighted by Gasteiger charge is 2.32. The minimum atomic E-state index is -0.512. The molecule has 0 saturated carbocycles. The SMILES string of the molecule is COCC1(CNc2ncc([N+](=O)[O-])cc2Cl)CCNCC1. The van der Waals surface area contributed by atoms with Crippen molar-refractivity contribution in [2.45, 2.75) is 12.8 Å². The van der Waals surface area contributed by atoms with Crippen LogP contribution in [0.25, 0.3) is 0 Å². The molecule has 1 aromatic rings. The molecular formula is C13H19ClN4O3. The first kappa shape index (κ1) is 15.9. The van der Waals surface area contributed by atoms with Crippen molar-refractivity contribution in [2.24, 2.45) is 5.41 Å². The molecule has 0 bridgehead atoms. The third kappa shape index (κ3) is 4.03. The Bertz CT molecular complexity index is 501. The van der Waals surface area contributed by atoms with Crippen molar-refractivity contribution in [3.8, 4) is 0 Å². The van der Waals surface area contributed by atoms with Gasteiger partial charge in [-0.15, -0.1) is 0 Å². The summed E-state index contributed by atoms with van der Waals surface area (Å²) < 4.78 is 5.34. The van der Waals surface area contributed by atoms with Gasteiger partial charge in [-0.05, 0) is 25.9 Å². The fraction of sp³-hybridized carbons (Fsp3) is 0.615. The van der Waals surface area contributed by atoms with E-state index in [0.29, 0.717) is 19.0 Å². The van der Waals surface area contributed by atoms with E-state index >= 15 is 0 Å². The number of piperidine rings is 1. The van der Waals surface area contributed by atoms with Crippen LogP contribution >= 0.6 is 11.6 Å². The van der Waals surface area contributed by atoms with Crippen molar-refractivity contribution in [1.82, 2.24) is 10.3 Å². The second kappa shape index (κ2) is 7.02. The maximum absolute atomic E-state index is 10.7. The standard InChI is InChI=1S/C13H19ClN4O3/c1-21-9-13(2-4-15-5-3-13)8-17-12-11(14)6-10(7-16-12)18(19)20/h6-7,15H,2-5,8-9H2,1H3,(H,16,17). The van der Waals surface area contributed by atoms with Crippen molar-refractivity contribution >= 4 is 23.1 Å². The lowest BCUT2D eigenvalue weighted by Gasteiger charge is -2.37. The van der Waals surface area contributed by atoms with Crippen molar-refractivity contribution in [3.63, 3.8) is 0 Å². The summed E-state index contributed by atoms with van der Waals surface area (Å²) in [5, 5.41) is 17.5. The number of anilines is 1. The normalized spacial score (nSPS) is 17.4. The summed E-state index contributed by atoms with van der Waals surface area (Å²) in [6.07, 6.45) is 3.20. The van der Waals surface area contributed by atoms with Crippen LogP contribution in [0.3, 0.4) is 0 Å². The number of halogens is 1. The number of methoxy groups -OCH3 is 1. The molecule has 2 rings (SSSR count). The molecule has 21 heavy (non-hydrogen) atoms. The number of nitrogens with one attached hydrogen (secondary N) is 2. The van der Waals surface area contributed by atoms with Gasteiger partial charge in [-0.25, -0.2) is 4.98 Å². The largest absolute Gasteiger partial charge is 0.384 e. The average molecular weight is 315 g/mol. The third-order valence-corrected chi connectivity index (χ3v) is 4.07. The molecule has 0 amide bonds. The van der Waals surface area contributed by atoms with Gasteiger partial charge in [0, 0.05) is 25.1 Å². The van der Waals surface area contributed by atoms with E-state index < -0.39 is 4.92 Å². The number of aromatic nitrogens is 1. The molecule has 116 valence electrons. The summed E-state index contributed by atoms with van der Waals surface area (Å²) >= 11 is 6.04. The first-order valence-electron chi connectivity index (χ1n) is 6.80. The van der Waals surface area contributed by atoms with Gasteiger partial charge in [-0.1, -0.05) is 11.6 Å². The Labute approximate surface area is 128 Å². The highest BCUT2D eigenvalue weighted by atomic mass is 35.5. The number of ether oxygens (including phenoxy) is 1. The molecule has 0 unspecified atom stereocenters. The molecule has 1 aromatic heterocycles. The number of rotatable bonds is 6. The van der Waals surface area contributed by atoms with Crippen molar-refractivity contribution in [2.75, 3.05) is 38.7 Å². The second-order valence-electron chi connectivity index (χ2n) is 5.32. The lowest BCUT2D eigenvalue weighted by atomic mass is 9.79. The summed E-state index contributed by atoms with van der Waals surface area (Å²) in [6.45, 7) is 3.23. The average Bonchev–Trinajstić information content (AvgIpc) is 2.47. The smallest absolute Gasteiger partial charge is 0.289 e. The molecule has 7 nitrogen and oxygen atoms in total. The van der Waals surface area contributed by atoms with Crippen LogP contribution < -0.4 is 10.6 Å². The Balaban J connectivity index is 2.05. The van der Waals surface area contributed by atoms with Crippen LogP contribution in [0.2, 0.25) is 5.02 Å². The molecule has 1 saturated heterocycles. The zero-order valence-corrected chi connectivity index (χ0v) is 12.7. The lowest BCUT2D eigenvalue weighted by Crippen LogP contribution is -2.44. The van der Waals surface area contributed by atoms with Crippen molar-refractivity contribution < 1.29 is 9.66 Å². The van der Waals surface area contributed by atoms with E-state index in [4.69, 9.17) is 16.3 Å². The van der Waals surface area contributed by atoms with Gasteiger partial charge in [0.15, 0.2) is 0 Å². The molecule has 1 aliphatic rings. The summed E-state index contributed by atoms with van der Waals surface area (Å²) in [5.41, 5.74) is -0.0775. The number of pyridine rings is 1. The highest BCUT2D eigenvalue weighted by molar-refractivity contribution is 6.33. The van der Waals surface area contributed by atoms with E-state index in [9.17, 15) is 10.1 Å². The van der Waals surface area contributed by atoms with Gasteiger partial charge >= 0.3 is 0 Å². The molecule has 0 radical (unpaired) electrons. The van der Waals surface area contributed by atoms with Crippen LogP contribution in [0.1, 0.15) is 12.8 Å². The highest BCUT2D eigenvalue weighted by Crippen LogP contribution is 2.31. The Kier molecular flexibility index (Phi) is 5.33. The van der Waals surface area contributed by atoms with Crippen LogP contribution in [-0.4, -0.2) is 43.3 Å². The number of nitro groups is 1. The maximum atomic E-state index is 10.7. The Morgan fingerprint density at radius 1 is 1.57 bits per heavy atom. The Hall–Kier alpha value is -1.44. The van der Waals surface area contributed by atoms with E-state index in [-0.39, 0.29) is 16.1 Å². The zero-order valence-electron chi connectivity index (χ0n) is 11.9. The maximum Gasteiger partial charge on any atom is 0.289 e. The molecule has 1 fully saturated rings. The van der Waals surface area contributed by atoms with Gasteiger partial charge in [0.05, 0.1) is 16.6 Å². The van der Waals surface area contributed by atoms with Gasteiger partial charge in [0.1, 0.15) is 12.0 Å². The minimum absolute atomic E-state index is 0.0345. The predicted molar refractivity (Wildman–Crippen MR) is 80.8 cm³/mol. The first-order valence-corrected chi connectivity index (χ1v) is 7.18. The van der Waals surface area contributed by atoms with E-state index in [1.807, 2.05) is 0 Å². The molecule has 0 aliphatic carbocycles. The van der Waals surface area contributed by atoms with Crippen LogP contribution in [0, 0.1) is 15.5 Å². The minimum Gasteiger partial charge on any atom is -0.384 e. The van der Waals surface area contributed by atoms with Gasteiger partial charge < -0.3 is 15.4 Å². The van der Waals surface area contributed by atoms with Crippen molar-refractivity contribution in [3.05, 3.63) is 27.4 Å². The summed E-state index contributed by atoms with van der Waals surface area (Å²) in [7, 11) is 1.70. The van der Waals surface area contributed by atoms with Crippen LogP contribution in [0.15, 0.2) is 12.3 Å². The first-order chi connectivity index (χ1) is 10.1. The molecule has 8 heteroatoms. The van der Waals surface area contributed by atoms with Gasteiger partial charge in [0.2, 0.25) is 0 Å². The van der Waals surface area contributed by atoms with E-state index in [2.05, 4.69) is 15.6 Å².